The van der Waals surface area contributed by atoms with Gasteiger partial charge < -0.3 is 9.73 Å². The number of nitro benzene ring substituents is 1. The smallest absolute Gasteiger partial charge is 0.281 e. The van der Waals surface area contributed by atoms with Crippen LogP contribution in [0.2, 0.25) is 5.02 Å². The second-order valence-electron chi connectivity index (χ2n) is 8.44. The van der Waals surface area contributed by atoms with E-state index in [1.165, 1.54) is 22.3 Å². The van der Waals surface area contributed by atoms with Crippen molar-refractivity contribution in [2.24, 2.45) is 4.99 Å². The van der Waals surface area contributed by atoms with E-state index in [9.17, 15) is 14.9 Å². The first-order valence-corrected chi connectivity index (χ1v) is 12.7. The van der Waals surface area contributed by atoms with Crippen LogP contribution in [0.25, 0.3) is 11.3 Å². The van der Waals surface area contributed by atoms with Crippen LogP contribution in [0.15, 0.2) is 70.1 Å². The van der Waals surface area contributed by atoms with Gasteiger partial charge >= 0.3 is 0 Å². The van der Waals surface area contributed by atoms with E-state index >= 15 is 0 Å². The summed E-state index contributed by atoms with van der Waals surface area (Å²) < 4.78 is 5.84. The monoisotopic (exact) mass is 519 g/mol. The van der Waals surface area contributed by atoms with Gasteiger partial charge in [0.1, 0.15) is 16.5 Å². The number of nitro groups is 1. The van der Waals surface area contributed by atoms with Crippen LogP contribution < -0.4 is 5.32 Å². The maximum absolute atomic E-state index is 13.2. The molecule has 1 aliphatic rings. The maximum Gasteiger partial charge on any atom is 0.281 e. The number of furan rings is 1. The lowest BCUT2D eigenvalue weighted by Crippen LogP contribution is -2.24. The Labute approximate surface area is 216 Å². The minimum Gasteiger partial charge on any atom is -0.455 e. The Morgan fingerprint density at radius 2 is 1.94 bits per heavy atom. The number of halogens is 1. The third-order valence-corrected chi connectivity index (χ3v) is 7.47. The van der Waals surface area contributed by atoms with Crippen molar-refractivity contribution in [2.75, 3.05) is 0 Å². The number of thiophene rings is 1. The summed E-state index contributed by atoms with van der Waals surface area (Å²) in [5.41, 5.74) is 2.93. The molecular formula is C27H22ClN3O4S. The van der Waals surface area contributed by atoms with Crippen LogP contribution in [0.3, 0.4) is 0 Å². The molecule has 4 aromatic rings. The Hall–Kier alpha value is -3.75. The van der Waals surface area contributed by atoms with E-state index in [-0.39, 0.29) is 16.6 Å². The SMILES string of the molecule is O=C(NCc1ccccc1)c1c(/N=C\c2ccc(-c3ccc(Cl)cc3[N+](=O)[O-])o2)sc2c1CCCC2. The summed E-state index contributed by atoms with van der Waals surface area (Å²) in [5, 5.41) is 15.4. The molecular weight excluding hydrogens is 498 g/mol. The fraction of sp³-hybridized carbons (Fsp3) is 0.185. The predicted molar refractivity (Wildman–Crippen MR) is 142 cm³/mol. The van der Waals surface area contributed by atoms with Crippen LogP contribution in [0.5, 0.6) is 0 Å². The van der Waals surface area contributed by atoms with E-state index in [0.29, 0.717) is 34.2 Å². The molecule has 0 saturated carbocycles. The zero-order chi connectivity index (χ0) is 25.1. The first kappa shape index (κ1) is 24.0. The van der Waals surface area contributed by atoms with Crippen molar-refractivity contribution in [3.05, 3.63) is 103 Å². The second kappa shape index (κ2) is 10.5. The quantitative estimate of drug-likeness (QED) is 0.159. The van der Waals surface area contributed by atoms with Gasteiger partial charge in [-0.05, 0) is 61.1 Å². The van der Waals surface area contributed by atoms with Gasteiger partial charge in [0.15, 0.2) is 0 Å². The molecule has 182 valence electrons. The van der Waals surface area contributed by atoms with Gasteiger partial charge in [0.05, 0.1) is 22.3 Å². The Morgan fingerprint density at radius 1 is 1.14 bits per heavy atom. The van der Waals surface area contributed by atoms with Crippen molar-refractivity contribution in [3.8, 4) is 11.3 Å². The molecule has 0 aliphatic heterocycles. The van der Waals surface area contributed by atoms with Crippen LogP contribution in [-0.2, 0) is 19.4 Å². The summed E-state index contributed by atoms with van der Waals surface area (Å²) in [6, 6.07) is 17.6. The lowest BCUT2D eigenvalue weighted by molar-refractivity contribution is -0.384. The molecule has 0 radical (unpaired) electrons. The van der Waals surface area contributed by atoms with Crippen molar-refractivity contribution in [1.29, 1.82) is 0 Å². The number of carbonyl (C=O) groups excluding carboxylic acids is 1. The van der Waals surface area contributed by atoms with E-state index in [0.717, 1.165) is 36.8 Å². The number of benzene rings is 2. The fourth-order valence-electron chi connectivity index (χ4n) is 4.30. The molecule has 1 aliphatic carbocycles. The first-order valence-electron chi connectivity index (χ1n) is 11.5. The summed E-state index contributed by atoms with van der Waals surface area (Å²) in [7, 11) is 0. The highest BCUT2D eigenvalue weighted by molar-refractivity contribution is 7.16. The van der Waals surface area contributed by atoms with Crippen LogP contribution >= 0.6 is 22.9 Å². The number of aryl methyl sites for hydroxylation is 1. The number of nitrogens with one attached hydrogen (secondary N) is 1. The predicted octanol–water partition coefficient (Wildman–Crippen LogP) is 7.13. The third-order valence-electron chi connectivity index (χ3n) is 6.03. The van der Waals surface area contributed by atoms with Crippen molar-refractivity contribution in [3.63, 3.8) is 0 Å². The lowest BCUT2D eigenvalue weighted by Gasteiger charge is -2.12. The van der Waals surface area contributed by atoms with E-state index in [4.69, 9.17) is 16.0 Å². The van der Waals surface area contributed by atoms with E-state index < -0.39 is 4.92 Å². The lowest BCUT2D eigenvalue weighted by atomic mass is 9.95. The molecule has 2 heterocycles. The topological polar surface area (TPSA) is 97.7 Å². The first-order chi connectivity index (χ1) is 17.5. The molecule has 2 aromatic heterocycles. The second-order valence-corrected chi connectivity index (χ2v) is 9.96. The van der Waals surface area contributed by atoms with E-state index in [1.807, 2.05) is 30.3 Å². The fourth-order valence-corrected chi connectivity index (χ4v) is 5.69. The molecule has 1 N–H and O–H groups in total. The highest BCUT2D eigenvalue weighted by Crippen LogP contribution is 2.40. The van der Waals surface area contributed by atoms with Crippen molar-refractivity contribution < 1.29 is 14.1 Å². The normalized spacial score (nSPS) is 13.0. The summed E-state index contributed by atoms with van der Waals surface area (Å²) in [6.45, 7) is 0.439. The standard InChI is InChI=1S/C27H22ClN3O4S/c28-18-10-12-20(22(14-18)31(33)34)23-13-11-19(35-23)16-30-27-25(21-8-4-5-9-24(21)36-27)26(32)29-15-17-6-2-1-3-7-17/h1-3,6-7,10-14,16H,4-5,8-9,15H2,(H,29,32)/b30-16-. The average Bonchev–Trinajstić information content (AvgIpc) is 3.51. The van der Waals surface area contributed by atoms with Crippen LogP contribution in [-0.4, -0.2) is 17.0 Å². The molecule has 0 spiro atoms. The molecule has 0 saturated heterocycles. The minimum absolute atomic E-state index is 0.136. The number of nitrogens with zero attached hydrogens (tertiary/aromatic N) is 2. The number of aliphatic imine (C=N–C) groups is 1. The number of fused-ring (bicyclic) bond motifs is 1. The zero-order valence-electron chi connectivity index (χ0n) is 19.2. The third kappa shape index (κ3) is 5.10. The Kier molecular flexibility index (Phi) is 6.97. The van der Waals surface area contributed by atoms with Crippen molar-refractivity contribution in [1.82, 2.24) is 5.32 Å². The van der Waals surface area contributed by atoms with Crippen LogP contribution in [0, 0.1) is 10.1 Å². The summed E-state index contributed by atoms with van der Waals surface area (Å²) in [4.78, 5) is 30.0. The molecule has 36 heavy (non-hydrogen) atoms. The van der Waals surface area contributed by atoms with Gasteiger partial charge in [0, 0.05) is 22.5 Å². The molecule has 2 aromatic carbocycles. The summed E-state index contributed by atoms with van der Waals surface area (Å²) in [5.74, 6) is 0.629. The van der Waals surface area contributed by atoms with Crippen molar-refractivity contribution in [2.45, 2.75) is 32.2 Å². The Balaban J connectivity index is 1.41. The number of carbonyl (C=O) groups is 1. The minimum atomic E-state index is -0.492. The van der Waals surface area contributed by atoms with Gasteiger partial charge in [-0.15, -0.1) is 11.3 Å². The van der Waals surface area contributed by atoms with Gasteiger partial charge in [-0.2, -0.15) is 0 Å². The molecule has 7 nitrogen and oxygen atoms in total. The maximum atomic E-state index is 13.2. The summed E-state index contributed by atoms with van der Waals surface area (Å²) >= 11 is 7.46. The largest absolute Gasteiger partial charge is 0.455 e. The molecule has 1 amide bonds. The molecule has 9 heteroatoms. The zero-order valence-corrected chi connectivity index (χ0v) is 20.8. The summed E-state index contributed by atoms with van der Waals surface area (Å²) in [6.07, 6.45) is 5.51. The molecule has 0 fully saturated rings. The Morgan fingerprint density at radius 3 is 2.75 bits per heavy atom. The number of hydrogen-bond acceptors (Lipinski definition) is 6. The number of hydrogen-bond donors (Lipinski definition) is 1. The van der Waals surface area contributed by atoms with Gasteiger partial charge in [-0.25, -0.2) is 4.99 Å². The highest BCUT2D eigenvalue weighted by Gasteiger charge is 2.25. The van der Waals surface area contributed by atoms with Crippen LogP contribution in [0.4, 0.5) is 10.7 Å². The number of rotatable bonds is 7. The molecule has 0 atom stereocenters. The Bertz CT molecular complexity index is 1460. The van der Waals surface area contributed by atoms with Gasteiger partial charge in [0.25, 0.3) is 11.6 Å². The van der Waals surface area contributed by atoms with Crippen LogP contribution in [0.1, 0.15) is 45.0 Å². The average molecular weight is 520 g/mol. The van der Waals surface area contributed by atoms with Gasteiger partial charge in [-0.1, -0.05) is 41.9 Å². The van der Waals surface area contributed by atoms with E-state index in [2.05, 4.69) is 10.3 Å². The van der Waals surface area contributed by atoms with E-state index in [1.54, 1.807) is 30.5 Å². The molecule has 0 bridgehead atoms. The van der Waals surface area contributed by atoms with Crippen molar-refractivity contribution >= 4 is 45.7 Å². The molecule has 0 unspecified atom stereocenters. The molecule has 5 rings (SSSR count). The number of amides is 1. The van der Waals surface area contributed by atoms with Gasteiger partial charge in [-0.3, -0.25) is 14.9 Å². The van der Waals surface area contributed by atoms with Gasteiger partial charge in [0.2, 0.25) is 0 Å². The highest BCUT2D eigenvalue weighted by atomic mass is 35.5.